The molecule has 130 valence electrons. The third-order valence-electron chi connectivity index (χ3n) is 3.16. The maximum atomic E-state index is 12.1. The molecule has 0 aliphatic carbocycles. The third kappa shape index (κ3) is 3.90. The van der Waals surface area contributed by atoms with Gasteiger partial charge < -0.3 is 13.7 Å². The van der Waals surface area contributed by atoms with E-state index in [9.17, 15) is 13.2 Å². The lowest BCUT2D eigenvalue weighted by atomic mass is 10.2. The Labute approximate surface area is 147 Å². The number of aromatic nitrogens is 1. The number of ether oxygens (including phenoxy) is 1. The number of benzene rings is 1. The van der Waals surface area contributed by atoms with Gasteiger partial charge in [-0.1, -0.05) is 16.8 Å². The van der Waals surface area contributed by atoms with Crippen LogP contribution >= 0.6 is 11.6 Å². The van der Waals surface area contributed by atoms with Gasteiger partial charge in [0.1, 0.15) is 12.3 Å². The Kier molecular flexibility index (Phi) is 4.62. The molecule has 0 fully saturated rings. The summed E-state index contributed by atoms with van der Waals surface area (Å²) in [5.74, 6) is 0.0392. The number of furan rings is 1. The van der Waals surface area contributed by atoms with E-state index in [1.807, 2.05) is 0 Å². The molecular weight excluding hydrogens is 372 g/mol. The zero-order valence-electron chi connectivity index (χ0n) is 12.5. The molecule has 3 aromatic rings. The van der Waals surface area contributed by atoms with Gasteiger partial charge in [-0.15, -0.1) is 0 Å². The Morgan fingerprint density at radius 1 is 1.24 bits per heavy atom. The minimum atomic E-state index is -3.97. The van der Waals surface area contributed by atoms with E-state index in [-0.39, 0.29) is 22.1 Å². The molecule has 0 bridgehead atoms. The summed E-state index contributed by atoms with van der Waals surface area (Å²) in [6.07, 6.45) is 1.48. The number of carbonyl (C=O) groups is 1. The van der Waals surface area contributed by atoms with E-state index in [0.717, 1.165) is 6.07 Å². The second kappa shape index (κ2) is 6.71. The number of nitrogens with two attached hydrogens (primary N) is 1. The lowest BCUT2D eigenvalue weighted by Crippen LogP contribution is -2.14. The van der Waals surface area contributed by atoms with Gasteiger partial charge in [-0.05, 0) is 30.3 Å². The van der Waals surface area contributed by atoms with E-state index in [2.05, 4.69) is 5.16 Å². The van der Waals surface area contributed by atoms with E-state index >= 15 is 0 Å². The largest absolute Gasteiger partial charge is 0.461 e. The average molecular weight is 383 g/mol. The van der Waals surface area contributed by atoms with Gasteiger partial charge in [0.25, 0.3) is 0 Å². The summed E-state index contributed by atoms with van der Waals surface area (Å²) in [6.45, 7) is -0.195. The summed E-state index contributed by atoms with van der Waals surface area (Å²) in [5, 5.41) is 8.83. The van der Waals surface area contributed by atoms with Gasteiger partial charge in [0.05, 0.1) is 21.7 Å². The van der Waals surface area contributed by atoms with Crippen molar-refractivity contribution in [3.63, 3.8) is 0 Å². The summed E-state index contributed by atoms with van der Waals surface area (Å²) < 4.78 is 38.0. The monoisotopic (exact) mass is 382 g/mol. The van der Waals surface area contributed by atoms with Crippen molar-refractivity contribution in [2.75, 3.05) is 0 Å². The Hall–Kier alpha value is -2.62. The Morgan fingerprint density at radius 3 is 2.72 bits per heavy atom. The Morgan fingerprint density at radius 2 is 2.04 bits per heavy atom. The normalized spacial score (nSPS) is 11.4. The van der Waals surface area contributed by atoms with E-state index in [0.29, 0.717) is 17.2 Å². The molecule has 0 spiro atoms. The summed E-state index contributed by atoms with van der Waals surface area (Å²) in [4.78, 5) is 11.9. The van der Waals surface area contributed by atoms with Gasteiger partial charge in [0, 0.05) is 6.07 Å². The molecule has 3 rings (SSSR count). The van der Waals surface area contributed by atoms with E-state index in [4.69, 9.17) is 30.4 Å². The Bertz CT molecular complexity index is 1010. The second-order valence-electron chi connectivity index (χ2n) is 4.92. The van der Waals surface area contributed by atoms with Crippen LogP contribution in [0.3, 0.4) is 0 Å². The maximum absolute atomic E-state index is 12.1. The lowest BCUT2D eigenvalue weighted by molar-refractivity contribution is 0.0464. The van der Waals surface area contributed by atoms with Crippen LogP contribution in [0.2, 0.25) is 5.02 Å². The molecule has 25 heavy (non-hydrogen) atoms. The fraction of sp³-hybridized carbons (Fsp3) is 0.0667. The SMILES string of the molecule is NS(=O)(=O)c1ccc(Cl)c(C(=O)OCc2cc(-c3ccco3)on2)c1. The van der Waals surface area contributed by atoms with Gasteiger partial charge in [0.2, 0.25) is 15.8 Å². The molecule has 8 nitrogen and oxygen atoms in total. The highest BCUT2D eigenvalue weighted by Crippen LogP contribution is 2.23. The van der Waals surface area contributed by atoms with Gasteiger partial charge >= 0.3 is 5.97 Å². The van der Waals surface area contributed by atoms with Crippen molar-refractivity contribution < 1.29 is 26.9 Å². The maximum Gasteiger partial charge on any atom is 0.340 e. The molecule has 0 aliphatic heterocycles. The first-order valence-corrected chi connectivity index (χ1v) is 8.76. The molecule has 10 heteroatoms. The predicted molar refractivity (Wildman–Crippen MR) is 86.1 cm³/mol. The van der Waals surface area contributed by atoms with Crippen LogP contribution in [0.5, 0.6) is 0 Å². The Balaban J connectivity index is 1.73. The van der Waals surface area contributed by atoms with Gasteiger partial charge in [-0.25, -0.2) is 18.4 Å². The predicted octanol–water partition coefficient (Wildman–Crippen LogP) is 2.59. The van der Waals surface area contributed by atoms with Gasteiger partial charge in [0.15, 0.2) is 5.76 Å². The van der Waals surface area contributed by atoms with Crippen LogP contribution in [-0.2, 0) is 21.4 Å². The topological polar surface area (TPSA) is 126 Å². The van der Waals surface area contributed by atoms with Crippen molar-refractivity contribution in [3.05, 3.63) is 58.9 Å². The zero-order chi connectivity index (χ0) is 18.0. The number of halogens is 1. The van der Waals surface area contributed by atoms with Crippen molar-refractivity contribution in [2.45, 2.75) is 11.5 Å². The second-order valence-corrected chi connectivity index (χ2v) is 6.89. The first-order valence-electron chi connectivity index (χ1n) is 6.83. The fourth-order valence-electron chi connectivity index (χ4n) is 1.97. The molecule has 0 aliphatic rings. The first kappa shape index (κ1) is 17.2. The number of rotatable bonds is 5. The number of nitrogens with zero attached hydrogens (tertiary/aromatic N) is 1. The van der Waals surface area contributed by atoms with Gasteiger partial charge in [-0.3, -0.25) is 0 Å². The number of hydrogen-bond acceptors (Lipinski definition) is 7. The molecule has 2 aromatic heterocycles. The summed E-state index contributed by atoms with van der Waals surface area (Å²) in [6, 6.07) is 8.43. The number of primary sulfonamides is 1. The smallest absolute Gasteiger partial charge is 0.340 e. The molecule has 0 amide bonds. The zero-order valence-corrected chi connectivity index (χ0v) is 14.1. The van der Waals surface area contributed by atoms with Crippen LogP contribution in [0.1, 0.15) is 16.1 Å². The fourth-order valence-corrected chi connectivity index (χ4v) is 2.70. The number of hydrogen-bond donors (Lipinski definition) is 1. The van der Waals surface area contributed by atoms with Crippen molar-refractivity contribution in [1.82, 2.24) is 5.16 Å². The molecule has 2 N–H and O–H groups in total. The standard InChI is InChI=1S/C15H11ClN2O6S/c16-12-4-3-10(25(17,20)21)7-11(12)15(19)23-8-9-6-14(24-18-9)13-2-1-5-22-13/h1-7H,8H2,(H2,17,20,21). The first-order chi connectivity index (χ1) is 11.8. The average Bonchev–Trinajstić information content (AvgIpc) is 3.23. The van der Waals surface area contributed by atoms with Crippen molar-refractivity contribution in [3.8, 4) is 11.5 Å². The van der Waals surface area contributed by atoms with E-state index < -0.39 is 16.0 Å². The van der Waals surface area contributed by atoms with Crippen LogP contribution in [0.4, 0.5) is 0 Å². The van der Waals surface area contributed by atoms with Crippen LogP contribution in [0, 0.1) is 0 Å². The van der Waals surface area contributed by atoms with Crippen molar-refractivity contribution in [1.29, 1.82) is 0 Å². The van der Waals surface area contributed by atoms with Crippen LogP contribution in [0.15, 0.2) is 56.5 Å². The van der Waals surface area contributed by atoms with Crippen molar-refractivity contribution in [2.24, 2.45) is 5.14 Å². The van der Waals surface area contributed by atoms with Crippen LogP contribution in [0.25, 0.3) is 11.5 Å². The summed E-state index contributed by atoms with van der Waals surface area (Å²) in [7, 11) is -3.97. The molecular formula is C15H11ClN2O6S. The number of esters is 1. The molecule has 0 atom stereocenters. The molecule has 2 heterocycles. The van der Waals surface area contributed by atoms with Gasteiger partial charge in [-0.2, -0.15) is 0 Å². The molecule has 0 saturated heterocycles. The minimum Gasteiger partial charge on any atom is -0.461 e. The highest BCUT2D eigenvalue weighted by molar-refractivity contribution is 7.89. The highest BCUT2D eigenvalue weighted by Gasteiger charge is 2.18. The molecule has 0 unspecified atom stereocenters. The summed E-state index contributed by atoms with van der Waals surface area (Å²) in [5.41, 5.74) is 0.224. The van der Waals surface area contributed by atoms with Crippen LogP contribution in [-0.4, -0.2) is 19.5 Å². The van der Waals surface area contributed by atoms with E-state index in [1.54, 1.807) is 18.2 Å². The number of carbonyl (C=O) groups excluding carboxylic acids is 1. The van der Waals surface area contributed by atoms with Crippen molar-refractivity contribution >= 4 is 27.6 Å². The lowest BCUT2D eigenvalue weighted by Gasteiger charge is -2.06. The van der Waals surface area contributed by atoms with Crippen LogP contribution < -0.4 is 5.14 Å². The molecule has 0 radical (unpaired) electrons. The minimum absolute atomic E-state index is 0.0360. The number of sulfonamides is 1. The highest BCUT2D eigenvalue weighted by atomic mass is 35.5. The molecule has 1 aromatic carbocycles. The summed E-state index contributed by atoms with van der Waals surface area (Å²) >= 11 is 5.91. The molecule has 0 saturated carbocycles. The van der Waals surface area contributed by atoms with E-state index in [1.165, 1.54) is 18.4 Å². The quantitative estimate of drug-likeness (QED) is 0.672. The third-order valence-corrected chi connectivity index (χ3v) is 4.40.